The van der Waals surface area contributed by atoms with Gasteiger partial charge in [0.25, 0.3) is 0 Å². The molecule has 1 aliphatic rings. The minimum absolute atomic E-state index is 0.00751. The van der Waals surface area contributed by atoms with Crippen LogP contribution < -0.4 is 0 Å². The molecule has 1 aliphatic carbocycles. The molecule has 2 aromatic carbocycles. The topological polar surface area (TPSA) is 34.1 Å². The van der Waals surface area contributed by atoms with Crippen molar-refractivity contribution in [2.75, 3.05) is 0 Å². The van der Waals surface area contributed by atoms with Gasteiger partial charge in [0.05, 0.1) is 0 Å². The van der Waals surface area contributed by atoms with Crippen molar-refractivity contribution in [1.29, 1.82) is 0 Å². The number of carbonyl (C=O) groups is 2. The van der Waals surface area contributed by atoms with Crippen LogP contribution in [0.2, 0.25) is 5.02 Å². The number of hydrogen-bond donors (Lipinski definition) is 0. The van der Waals surface area contributed by atoms with Gasteiger partial charge in [0.2, 0.25) is 0 Å². The van der Waals surface area contributed by atoms with E-state index in [9.17, 15) is 9.59 Å². The lowest BCUT2D eigenvalue weighted by Gasteiger charge is -2.23. The maximum absolute atomic E-state index is 13.3. The molecule has 1 atom stereocenters. The van der Waals surface area contributed by atoms with Gasteiger partial charge in [-0.1, -0.05) is 55.3 Å². The molecule has 0 saturated carbocycles. The van der Waals surface area contributed by atoms with Crippen molar-refractivity contribution in [3.8, 4) is 11.1 Å². The first kappa shape index (κ1) is 22.2. The molecule has 0 spiro atoms. The molecule has 1 unspecified atom stereocenters. The summed E-state index contributed by atoms with van der Waals surface area (Å²) >= 11 is 6.03. The van der Waals surface area contributed by atoms with Crippen molar-refractivity contribution < 1.29 is 9.59 Å². The summed E-state index contributed by atoms with van der Waals surface area (Å²) in [6.45, 7) is 8.24. The maximum Gasteiger partial charge on any atom is 0.170 e. The molecule has 0 aliphatic heterocycles. The zero-order chi connectivity index (χ0) is 21.8. The number of allylic oxidation sites excluding steroid dienone is 4. The Morgan fingerprint density at radius 3 is 2.20 bits per heavy atom. The predicted octanol–water partition coefficient (Wildman–Crippen LogP) is 7.26. The van der Waals surface area contributed by atoms with E-state index >= 15 is 0 Å². The van der Waals surface area contributed by atoms with Gasteiger partial charge >= 0.3 is 0 Å². The van der Waals surface area contributed by atoms with Crippen molar-refractivity contribution in [3.63, 3.8) is 0 Å². The summed E-state index contributed by atoms with van der Waals surface area (Å²) < 4.78 is 0. The first-order valence-corrected chi connectivity index (χ1v) is 11.1. The average molecular weight is 421 g/mol. The SMILES string of the molecule is CCC1=CC(=O)C(c2cc(-c3ccc(Cl)cc3)ccc2CC)C(=O)CCC1=C(C)C. The second-order valence-electron chi connectivity index (χ2n) is 8.08. The third-order valence-electron chi connectivity index (χ3n) is 5.93. The smallest absolute Gasteiger partial charge is 0.170 e. The van der Waals surface area contributed by atoms with Crippen LogP contribution in [0.25, 0.3) is 11.1 Å². The van der Waals surface area contributed by atoms with Gasteiger partial charge in [-0.15, -0.1) is 0 Å². The highest BCUT2D eigenvalue weighted by atomic mass is 35.5. The molecule has 0 bridgehead atoms. The van der Waals surface area contributed by atoms with Gasteiger partial charge in [0.15, 0.2) is 5.78 Å². The Hall–Kier alpha value is -2.45. The van der Waals surface area contributed by atoms with Crippen LogP contribution in [0.1, 0.15) is 64.0 Å². The maximum atomic E-state index is 13.3. The molecule has 0 radical (unpaired) electrons. The molecule has 0 N–H and O–H groups in total. The van der Waals surface area contributed by atoms with Crippen LogP contribution in [0, 0.1) is 0 Å². The second-order valence-corrected chi connectivity index (χ2v) is 8.51. The van der Waals surface area contributed by atoms with E-state index < -0.39 is 5.92 Å². The zero-order valence-corrected chi connectivity index (χ0v) is 19.0. The number of benzene rings is 2. The average Bonchev–Trinajstić information content (AvgIpc) is 2.72. The number of hydrogen-bond acceptors (Lipinski definition) is 2. The van der Waals surface area contributed by atoms with E-state index in [1.54, 1.807) is 6.08 Å². The number of halogens is 1. The van der Waals surface area contributed by atoms with Crippen molar-refractivity contribution in [2.45, 2.75) is 59.3 Å². The first-order chi connectivity index (χ1) is 14.3. The first-order valence-electron chi connectivity index (χ1n) is 10.7. The van der Waals surface area contributed by atoms with E-state index in [4.69, 9.17) is 11.6 Å². The molecule has 0 heterocycles. The van der Waals surface area contributed by atoms with E-state index in [-0.39, 0.29) is 11.6 Å². The lowest BCUT2D eigenvalue weighted by molar-refractivity contribution is -0.127. The summed E-state index contributed by atoms with van der Waals surface area (Å²) in [5, 5.41) is 0.682. The fourth-order valence-electron chi connectivity index (χ4n) is 4.27. The molecule has 0 aromatic heterocycles. The molecule has 2 nitrogen and oxygen atoms in total. The van der Waals surface area contributed by atoms with Gasteiger partial charge in [-0.2, -0.15) is 0 Å². The quantitative estimate of drug-likeness (QED) is 0.488. The van der Waals surface area contributed by atoms with Gasteiger partial charge in [-0.25, -0.2) is 0 Å². The van der Waals surface area contributed by atoms with Crippen LogP contribution in [0.4, 0.5) is 0 Å². The number of carbonyl (C=O) groups excluding carboxylic acids is 2. The molecule has 3 rings (SSSR count). The van der Waals surface area contributed by atoms with Gasteiger partial charge in [0.1, 0.15) is 11.7 Å². The Morgan fingerprint density at radius 2 is 1.60 bits per heavy atom. The van der Waals surface area contributed by atoms with E-state index in [2.05, 4.69) is 33.8 Å². The monoisotopic (exact) mass is 420 g/mol. The third-order valence-corrected chi connectivity index (χ3v) is 6.18. The molecule has 0 fully saturated rings. The summed E-state index contributed by atoms with van der Waals surface area (Å²) in [7, 11) is 0. The van der Waals surface area contributed by atoms with Crippen LogP contribution in [0.3, 0.4) is 0 Å². The summed E-state index contributed by atoms with van der Waals surface area (Å²) in [5.41, 5.74) is 7.30. The summed E-state index contributed by atoms with van der Waals surface area (Å²) in [5.74, 6) is -0.821. The fourth-order valence-corrected chi connectivity index (χ4v) is 4.40. The highest BCUT2D eigenvalue weighted by molar-refractivity contribution is 6.30. The van der Waals surface area contributed by atoms with Crippen LogP contribution in [0.5, 0.6) is 0 Å². The number of ketones is 2. The normalized spacial score (nSPS) is 17.4. The standard InChI is InChI=1S/C27H29ClO2/c1-5-18-7-8-21(20-9-11-22(28)12-10-20)15-24(18)27-25(29)14-13-23(17(3)4)19(6-2)16-26(27)30/h7-12,15-16,27H,5-6,13-14H2,1-4H3. The van der Waals surface area contributed by atoms with Crippen molar-refractivity contribution in [2.24, 2.45) is 0 Å². The van der Waals surface area contributed by atoms with E-state index in [0.29, 0.717) is 17.9 Å². The highest BCUT2D eigenvalue weighted by Gasteiger charge is 2.31. The van der Waals surface area contributed by atoms with E-state index in [1.165, 1.54) is 5.57 Å². The molecule has 0 amide bonds. The predicted molar refractivity (Wildman–Crippen MR) is 125 cm³/mol. The van der Waals surface area contributed by atoms with Gasteiger partial charge in [-0.05, 0) is 90.8 Å². The molecular weight excluding hydrogens is 392 g/mol. The molecule has 30 heavy (non-hydrogen) atoms. The molecule has 0 saturated heterocycles. The van der Waals surface area contributed by atoms with Crippen LogP contribution in [-0.4, -0.2) is 11.6 Å². The highest BCUT2D eigenvalue weighted by Crippen LogP contribution is 2.34. The Balaban J connectivity index is 2.12. The van der Waals surface area contributed by atoms with Crippen molar-refractivity contribution in [1.82, 2.24) is 0 Å². The largest absolute Gasteiger partial charge is 0.298 e. The zero-order valence-electron chi connectivity index (χ0n) is 18.2. The lowest BCUT2D eigenvalue weighted by Crippen LogP contribution is -2.24. The molecule has 2 aromatic rings. The van der Waals surface area contributed by atoms with E-state index in [1.807, 2.05) is 36.4 Å². The van der Waals surface area contributed by atoms with Crippen LogP contribution >= 0.6 is 11.6 Å². The minimum atomic E-state index is -0.729. The molecule has 156 valence electrons. The number of aryl methyl sites for hydroxylation is 1. The third kappa shape index (κ3) is 4.65. The Labute approximate surface area is 184 Å². The molecular formula is C27H29ClO2. The van der Waals surface area contributed by atoms with Crippen LogP contribution in [-0.2, 0) is 16.0 Å². The van der Waals surface area contributed by atoms with Gasteiger partial charge < -0.3 is 0 Å². The lowest BCUT2D eigenvalue weighted by atomic mass is 9.79. The second kappa shape index (κ2) is 9.57. The Bertz CT molecular complexity index is 1020. The molecule has 3 heteroatoms. The van der Waals surface area contributed by atoms with Crippen molar-refractivity contribution >= 4 is 23.2 Å². The Kier molecular flexibility index (Phi) is 7.10. The Morgan fingerprint density at radius 1 is 0.933 bits per heavy atom. The van der Waals surface area contributed by atoms with Gasteiger partial charge in [-0.3, -0.25) is 9.59 Å². The van der Waals surface area contributed by atoms with Gasteiger partial charge in [0, 0.05) is 11.4 Å². The van der Waals surface area contributed by atoms with Crippen LogP contribution in [0.15, 0.2) is 65.3 Å². The summed E-state index contributed by atoms with van der Waals surface area (Å²) in [6.07, 6.45) is 4.37. The number of rotatable bonds is 4. The van der Waals surface area contributed by atoms with E-state index in [0.717, 1.165) is 46.2 Å². The minimum Gasteiger partial charge on any atom is -0.298 e. The fraction of sp³-hybridized carbons (Fsp3) is 0.333. The summed E-state index contributed by atoms with van der Waals surface area (Å²) in [6, 6.07) is 13.8. The number of Topliss-reactive ketones (excluding diaryl/α,β-unsaturated/α-hetero) is 1. The summed E-state index contributed by atoms with van der Waals surface area (Å²) in [4.78, 5) is 26.6. The van der Waals surface area contributed by atoms with Crippen molar-refractivity contribution in [3.05, 3.63) is 81.4 Å².